The fourth-order valence-corrected chi connectivity index (χ4v) is 5.73. The van der Waals surface area contributed by atoms with Crippen LogP contribution in [0, 0.1) is 0 Å². The number of fused-ring (bicyclic) bond motifs is 1. The van der Waals surface area contributed by atoms with Gasteiger partial charge in [-0.2, -0.15) is 0 Å². The van der Waals surface area contributed by atoms with Gasteiger partial charge < -0.3 is 18.9 Å². The van der Waals surface area contributed by atoms with Gasteiger partial charge in [0.1, 0.15) is 13.2 Å². The van der Waals surface area contributed by atoms with E-state index in [1.165, 1.54) is 18.4 Å². The molecule has 1 aliphatic rings. The third kappa shape index (κ3) is 6.85. The van der Waals surface area contributed by atoms with Crippen LogP contribution in [0.15, 0.2) is 106 Å². The van der Waals surface area contributed by atoms with E-state index in [9.17, 15) is 9.59 Å². The molecule has 9 heteroatoms. The summed E-state index contributed by atoms with van der Waals surface area (Å²) in [5.41, 5.74) is 3.18. The number of hydrogen-bond acceptors (Lipinski definition) is 8. The van der Waals surface area contributed by atoms with Gasteiger partial charge in [0.15, 0.2) is 16.3 Å². The molecule has 0 amide bonds. The molecule has 3 aromatic carbocycles. The highest BCUT2D eigenvalue weighted by molar-refractivity contribution is 7.07. The lowest BCUT2D eigenvalue weighted by molar-refractivity contribution is -0.140. The van der Waals surface area contributed by atoms with Crippen molar-refractivity contribution >= 4 is 29.5 Å². The van der Waals surface area contributed by atoms with Gasteiger partial charge in [0.25, 0.3) is 5.56 Å². The molecule has 0 bridgehead atoms. The number of esters is 1. The molecule has 0 radical (unpaired) electrons. The molecule has 43 heavy (non-hydrogen) atoms. The lowest BCUT2D eigenvalue weighted by Gasteiger charge is -2.25. The number of methoxy groups -OCH3 is 2. The Morgan fingerprint density at radius 2 is 1.72 bits per heavy atom. The van der Waals surface area contributed by atoms with Gasteiger partial charge in [0.05, 0.1) is 35.6 Å². The number of thiazole rings is 1. The van der Waals surface area contributed by atoms with Crippen LogP contribution in [0.4, 0.5) is 0 Å². The normalized spacial score (nSPS) is 14.9. The second-order valence-electron chi connectivity index (χ2n) is 9.69. The molecule has 0 aliphatic carbocycles. The minimum absolute atomic E-state index is 0.0725. The van der Waals surface area contributed by atoms with Crippen molar-refractivity contribution in [1.82, 2.24) is 4.57 Å². The molecule has 2 heterocycles. The van der Waals surface area contributed by atoms with Crippen molar-refractivity contribution in [2.24, 2.45) is 4.99 Å². The molecular formula is C34H32N2O6S. The van der Waals surface area contributed by atoms with E-state index >= 15 is 0 Å². The summed E-state index contributed by atoms with van der Waals surface area (Å²) >= 11 is 1.27. The highest BCUT2D eigenvalue weighted by atomic mass is 32.1. The van der Waals surface area contributed by atoms with Gasteiger partial charge in [-0.3, -0.25) is 9.36 Å². The van der Waals surface area contributed by atoms with Crippen molar-refractivity contribution < 1.29 is 23.7 Å². The number of carbonyl (C=O) groups excluding carboxylic acids is 1. The number of benzene rings is 3. The molecule has 1 aliphatic heterocycles. The summed E-state index contributed by atoms with van der Waals surface area (Å²) in [7, 11) is 3.09. The van der Waals surface area contributed by atoms with E-state index in [-0.39, 0.29) is 24.3 Å². The van der Waals surface area contributed by atoms with Crippen molar-refractivity contribution in [2.75, 3.05) is 27.4 Å². The third-order valence-corrected chi connectivity index (χ3v) is 7.84. The number of hydrogen-bond donors (Lipinski definition) is 0. The summed E-state index contributed by atoms with van der Waals surface area (Å²) in [4.78, 5) is 32.4. The van der Waals surface area contributed by atoms with Crippen LogP contribution in [0.1, 0.15) is 29.7 Å². The van der Waals surface area contributed by atoms with Crippen LogP contribution >= 0.6 is 11.3 Å². The molecule has 4 aromatic rings. The lowest BCUT2D eigenvalue weighted by Crippen LogP contribution is -2.40. The van der Waals surface area contributed by atoms with Crippen molar-refractivity contribution in [3.05, 3.63) is 133 Å². The third-order valence-electron chi connectivity index (χ3n) is 6.84. The first-order valence-electron chi connectivity index (χ1n) is 13.7. The molecule has 0 saturated heterocycles. The topological polar surface area (TPSA) is 88.4 Å². The van der Waals surface area contributed by atoms with Gasteiger partial charge in [-0.25, -0.2) is 9.79 Å². The van der Waals surface area contributed by atoms with Crippen LogP contribution in [0.25, 0.3) is 12.2 Å². The van der Waals surface area contributed by atoms with E-state index in [1.54, 1.807) is 36.8 Å². The summed E-state index contributed by atoms with van der Waals surface area (Å²) < 4.78 is 24.4. The number of carbonyl (C=O) groups is 1. The molecule has 220 valence electrons. The molecule has 5 rings (SSSR count). The highest BCUT2D eigenvalue weighted by Gasteiger charge is 2.34. The number of nitrogens with zero attached hydrogens (tertiary/aromatic N) is 2. The van der Waals surface area contributed by atoms with Crippen LogP contribution < -0.4 is 24.4 Å². The first-order valence-corrected chi connectivity index (χ1v) is 14.6. The van der Waals surface area contributed by atoms with E-state index in [0.717, 1.165) is 11.1 Å². The maximum Gasteiger partial charge on any atom is 0.338 e. The average Bonchev–Trinajstić information content (AvgIpc) is 3.34. The van der Waals surface area contributed by atoms with Crippen molar-refractivity contribution in [2.45, 2.75) is 19.6 Å². The zero-order valence-corrected chi connectivity index (χ0v) is 25.0. The molecular weight excluding hydrogens is 564 g/mol. The van der Waals surface area contributed by atoms with E-state index in [4.69, 9.17) is 18.9 Å². The summed E-state index contributed by atoms with van der Waals surface area (Å²) in [5.74, 6) is 0.450. The zero-order chi connectivity index (χ0) is 30.2. The highest BCUT2D eigenvalue weighted by Crippen LogP contribution is 2.36. The summed E-state index contributed by atoms with van der Waals surface area (Å²) in [6.07, 6.45) is 5.54. The first kappa shape index (κ1) is 29.8. The molecule has 1 atom stereocenters. The van der Waals surface area contributed by atoms with Gasteiger partial charge in [0, 0.05) is 7.11 Å². The lowest BCUT2D eigenvalue weighted by atomic mass is 9.95. The van der Waals surface area contributed by atoms with Gasteiger partial charge in [-0.15, -0.1) is 0 Å². The van der Waals surface area contributed by atoms with Gasteiger partial charge in [-0.1, -0.05) is 90.2 Å². The van der Waals surface area contributed by atoms with Crippen molar-refractivity contribution in [3.63, 3.8) is 0 Å². The summed E-state index contributed by atoms with van der Waals surface area (Å²) in [6, 6.07) is 24.3. The summed E-state index contributed by atoms with van der Waals surface area (Å²) in [6.45, 7) is 2.43. The van der Waals surface area contributed by atoms with E-state index in [0.29, 0.717) is 38.7 Å². The number of rotatable bonds is 11. The fourth-order valence-electron chi connectivity index (χ4n) is 4.73. The Kier molecular flexibility index (Phi) is 9.66. The summed E-state index contributed by atoms with van der Waals surface area (Å²) in [5, 5.41) is 0. The van der Waals surface area contributed by atoms with E-state index in [1.807, 2.05) is 78.9 Å². The Balaban J connectivity index is 1.56. The number of ether oxygens (including phenoxy) is 4. The van der Waals surface area contributed by atoms with Crippen molar-refractivity contribution in [1.29, 1.82) is 0 Å². The molecule has 8 nitrogen and oxygen atoms in total. The predicted octanol–water partition coefficient (Wildman–Crippen LogP) is 4.68. The standard InChI is InChI=1S/C34H32N2O6S/c1-23-30(33(38)41-20-19-39-2)31(26-17-18-27(28(21-26)40-3)42-22-25-13-8-5-9-14-25)36-32(37)29(43-34(36)35-23)16-10-15-24-11-6-4-7-12-24/h4-18,21,31H,19-20,22H2,1-3H3/b15-10+,29-16-. The molecule has 0 N–H and O–H groups in total. The predicted molar refractivity (Wildman–Crippen MR) is 167 cm³/mol. The van der Waals surface area contributed by atoms with Crippen LogP contribution in [-0.2, 0) is 20.9 Å². The maximum absolute atomic E-state index is 13.9. The first-order chi connectivity index (χ1) is 21.0. The SMILES string of the molecule is COCCOC(=O)C1=C(C)N=c2s/c(=C\C=C\c3ccccc3)c(=O)n2C1c1ccc(OCc2ccccc2)c(OC)c1. The Morgan fingerprint density at radius 1 is 0.977 bits per heavy atom. The van der Waals surface area contributed by atoms with E-state index in [2.05, 4.69) is 4.99 Å². The van der Waals surface area contributed by atoms with Crippen LogP contribution in [-0.4, -0.2) is 38.0 Å². The Labute approximate surface area is 253 Å². The average molecular weight is 597 g/mol. The quantitative estimate of drug-likeness (QED) is 0.185. The van der Waals surface area contributed by atoms with Crippen LogP contribution in [0.5, 0.6) is 11.5 Å². The maximum atomic E-state index is 13.9. The smallest absolute Gasteiger partial charge is 0.338 e. The zero-order valence-electron chi connectivity index (χ0n) is 24.2. The van der Waals surface area contributed by atoms with Crippen molar-refractivity contribution in [3.8, 4) is 11.5 Å². The second-order valence-corrected chi connectivity index (χ2v) is 10.7. The minimum Gasteiger partial charge on any atom is -0.493 e. The van der Waals surface area contributed by atoms with Gasteiger partial charge in [-0.05, 0) is 41.8 Å². The minimum atomic E-state index is -0.788. The Morgan fingerprint density at radius 3 is 2.44 bits per heavy atom. The number of allylic oxidation sites excluding steroid dienone is 2. The van der Waals surface area contributed by atoms with Crippen LogP contribution in [0.2, 0.25) is 0 Å². The Hall–Kier alpha value is -4.73. The Bertz CT molecular complexity index is 1820. The molecule has 1 aromatic heterocycles. The van der Waals surface area contributed by atoms with E-state index < -0.39 is 12.0 Å². The number of aromatic nitrogens is 1. The monoisotopic (exact) mass is 596 g/mol. The fraction of sp³-hybridized carbons (Fsp3) is 0.206. The second kappa shape index (κ2) is 14.0. The molecule has 0 fully saturated rings. The molecule has 0 spiro atoms. The van der Waals surface area contributed by atoms with Crippen LogP contribution in [0.3, 0.4) is 0 Å². The van der Waals surface area contributed by atoms with Gasteiger partial charge in [0.2, 0.25) is 0 Å². The molecule has 1 unspecified atom stereocenters. The van der Waals surface area contributed by atoms with Gasteiger partial charge >= 0.3 is 5.97 Å². The largest absolute Gasteiger partial charge is 0.493 e. The molecule has 0 saturated carbocycles.